The van der Waals surface area contributed by atoms with E-state index in [0.29, 0.717) is 5.76 Å². The lowest BCUT2D eigenvalue weighted by Gasteiger charge is -2.17. The lowest BCUT2D eigenvalue weighted by Crippen LogP contribution is -2.30. The zero-order chi connectivity index (χ0) is 14.7. The highest BCUT2D eigenvalue weighted by Gasteiger charge is 2.20. The van der Waals surface area contributed by atoms with Crippen molar-refractivity contribution in [3.8, 4) is 0 Å². The number of carboxylic acids is 1. The SMILES string of the molecule is CC(=O)N(Cc1ccco1)c1ncc(Cl)c(C(=O)O)n1. The van der Waals surface area contributed by atoms with Gasteiger partial charge in [-0.3, -0.25) is 9.69 Å². The van der Waals surface area contributed by atoms with Gasteiger partial charge in [-0.1, -0.05) is 11.6 Å². The minimum absolute atomic E-state index is 0.0456. The highest BCUT2D eigenvalue weighted by molar-refractivity contribution is 6.33. The summed E-state index contributed by atoms with van der Waals surface area (Å²) < 4.78 is 5.15. The number of aromatic nitrogens is 2. The van der Waals surface area contributed by atoms with Crippen LogP contribution in [-0.4, -0.2) is 27.0 Å². The highest BCUT2D eigenvalue weighted by atomic mass is 35.5. The zero-order valence-corrected chi connectivity index (χ0v) is 11.2. The Morgan fingerprint density at radius 2 is 2.25 bits per heavy atom. The van der Waals surface area contributed by atoms with E-state index in [1.54, 1.807) is 12.1 Å². The van der Waals surface area contributed by atoms with Crippen LogP contribution in [0.2, 0.25) is 5.02 Å². The Morgan fingerprint density at radius 3 is 2.80 bits per heavy atom. The number of hydrogen-bond acceptors (Lipinski definition) is 5. The van der Waals surface area contributed by atoms with E-state index < -0.39 is 5.97 Å². The molecule has 2 aromatic heterocycles. The summed E-state index contributed by atoms with van der Waals surface area (Å²) >= 11 is 5.69. The van der Waals surface area contributed by atoms with Gasteiger partial charge in [0.15, 0.2) is 5.69 Å². The van der Waals surface area contributed by atoms with Crippen molar-refractivity contribution in [3.05, 3.63) is 41.1 Å². The second-order valence-corrected chi connectivity index (χ2v) is 4.26. The van der Waals surface area contributed by atoms with Crippen molar-refractivity contribution in [2.75, 3.05) is 4.90 Å². The van der Waals surface area contributed by atoms with Crippen molar-refractivity contribution < 1.29 is 19.1 Å². The molecule has 104 valence electrons. The fourth-order valence-corrected chi connectivity index (χ4v) is 1.69. The van der Waals surface area contributed by atoms with E-state index in [1.165, 1.54) is 18.1 Å². The molecule has 0 aliphatic heterocycles. The molecular weight excluding hydrogens is 286 g/mol. The van der Waals surface area contributed by atoms with Crippen LogP contribution in [0.1, 0.15) is 23.2 Å². The molecule has 1 amide bonds. The molecule has 1 N–H and O–H groups in total. The predicted molar refractivity (Wildman–Crippen MR) is 69.6 cm³/mol. The number of aromatic carboxylic acids is 1. The Hall–Kier alpha value is -2.41. The summed E-state index contributed by atoms with van der Waals surface area (Å²) in [5.74, 6) is -1.16. The van der Waals surface area contributed by atoms with Crippen molar-refractivity contribution in [2.45, 2.75) is 13.5 Å². The molecule has 0 fully saturated rings. The Kier molecular flexibility index (Phi) is 3.99. The molecule has 0 radical (unpaired) electrons. The van der Waals surface area contributed by atoms with E-state index >= 15 is 0 Å². The van der Waals surface area contributed by atoms with Gasteiger partial charge in [-0.05, 0) is 12.1 Å². The zero-order valence-electron chi connectivity index (χ0n) is 10.4. The van der Waals surface area contributed by atoms with Crippen LogP contribution in [0.15, 0.2) is 29.0 Å². The Balaban J connectivity index is 2.37. The van der Waals surface area contributed by atoms with E-state index in [0.717, 1.165) is 6.20 Å². The van der Waals surface area contributed by atoms with Crippen molar-refractivity contribution >= 4 is 29.4 Å². The number of halogens is 1. The number of anilines is 1. The first kappa shape index (κ1) is 14.0. The molecule has 0 aliphatic carbocycles. The topological polar surface area (TPSA) is 96.5 Å². The highest BCUT2D eigenvalue weighted by Crippen LogP contribution is 2.18. The first-order valence-corrected chi connectivity index (χ1v) is 5.93. The molecule has 20 heavy (non-hydrogen) atoms. The Bertz CT molecular complexity index is 642. The summed E-state index contributed by atoms with van der Waals surface area (Å²) in [7, 11) is 0. The van der Waals surface area contributed by atoms with Gasteiger partial charge in [0.1, 0.15) is 5.76 Å². The minimum Gasteiger partial charge on any atom is -0.476 e. The van der Waals surface area contributed by atoms with Crippen molar-refractivity contribution in [1.29, 1.82) is 0 Å². The monoisotopic (exact) mass is 295 g/mol. The quantitative estimate of drug-likeness (QED) is 0.926. The summed E-state index contributed by atoms with van der Waals surface area (Å²) in [6.45, 7) is 1.42. The molecule has 8 heteroatoms. The third-order valence-corrected chi connectivity index (χ3v) is 2.73. The van der Waals surface area contributed by atoms with Gasteiger partial charge in [-0.2, -0.15) is 0 Å². The molecule has 0 aromatic carbocycles. The minimum atomic E-state index is -1.29. The number of hydrogen-bond donors (Lipinski definition) is 1. The Labute approximate surface area is 118 Å². The summed E-state index contributed by atoms with van der Waals surface area (Å²) in [6, 6.07) is 3.36. The van der Waals surface area contributed by atoms with Gasteiger partial charge in [0.05, 0.1) is 24.0 Å². The smallest absolute Gasteiger partial charge is 0.356 e. The predicted octanol–water partition coefficient (Wildman–Crippen LogP) is 1.97. The molecule has 0 atom stereocenters. The molecule has 7 nitrogen and oxygen atoms in total. The van der Waals surface area contributed by atoms with Crippen molar-refractivity contribution in [3.63, 3.8) is 0 Å². The van der Waals surface area contributed by atoms with Gasteiger partial charge in [0, 0.05) is 6.92 Å². The normalized spacial score (nSPS) is 10.3. The van der Waals surface area contributed by atoms with Crippen LogP contribution in [0.4, 0.5) is 5.95 Å². The van der Waals surface area contributed by atoms with E-state index in [1.807, 2.05) is 0 Å². The van der Waals surface area contributed by atoms with Crippen LogP contribution in [0.3, 0.4) is 0 Å². The number of amides is 1. The lowest BCUT2D eigenvalue weighted by molar-refractivity contribution is -0.116. The molecule has 0 spiro atoms. The number of carboxylic acid groups (broad SMARTS) is 1. The molecule has 0 aliphatic rings. The average molecular weight is 296 g/mol. The maximum atomic E-state index is 11.7. The second-order valence-electron chi connectivity index (χ2n) is 3.86. The first-order chi connectivity index (χ1) is 9.49. The van der Waals surface area contributed by atoms with Gasteiger partial charge >= 0.3 is 5.97 Å². The molecule has 2 rings (SSSR count). The molecule has 2 heterocycles. The van der Waals surface area contributed by atoms with Gasteiger partial charge in [0.25, 0.3) is 0 Å². The summed E-state index contributed by atoms with van der Waals surface area (Å²) in [6.07, 6.45) is 2.62. The van der Waals surface area contributed by atoms with Crippen LogP contribution in [0, 0.1) is 0 Å². The summed E-state index contributed by atoms with van der Waals surface area (Å²) in [5, 5.41) is 8.88. The maximum Gasteiger partial charge on any atom is 0.356 e. The molecule has 0 saturated heterocycles. The molecule has 0 saturated carbocycles. The average Bonchev–Trinajstić information content (AvgIpc) is 2.89. The van der Waals surface area contributed by atoms with E-state index in [9.17, 15) is 9.59 Å². The third kappa shape index (κ3) is 2.94. The molecule has 2 aromatic rings. The fourth-order valence-electron chi connectivity index (χ4n) is 1.52. The first-order valence-electron chi connectivity index (χ1n) is 5.55. The fraction of sp³-hybridized carbons (Fsp3) is 0.167. The van der Waals surface area contributed by atoms with E-state index in [-0.39, 0.29) is 29.1 Å². The summed E-state index contributed by atoms with van der Waals surface area (Å²) in [5.41, 5.74) is -0.359. The van der Waals surface area contributed by atoms with Crippen LogP contribution < -0.4 is 4.90 Å². The largest absolute Gasteiger partial charge is 0.476 e. The molecule has 0 unspecified atom stereocenters. The number of carbonyl (C=O) groups excluding carboxylic acids is 1. The van der Waals surface area contributed by atoms with Crippen LogP contribution >= 0.6 is 11.6 Å². The standard InChI is InChI=1S/C12H10ClN3O4/c1-7(17)16(6-8-3-2-4-20-8)12-14-5-9(13)10(15-12)11(18)19/h2-5H,6H2,1H3,(H,18,19). The van der Waals surface area contributed by atoms with Gasteiger partial charge in [-0.15, -0.1) is 0 Å². The van der Waals surface area contributed by atoms with Crippen LogP contribution in [0.5, 0.6) is 0 Å². The van der Waals surface area contributed by atoms with Gasteiger partial charge < -0.3 is 9.52 Å². The third-order valence-electron chi connectivity index (χ3n) is 2.45. The number of carbonyl (C=O) groups is 2. The van der Waals surface area contributed by atoms with Crippen molar-refractivity contribution in [1.82, 2.24) is 9.97 Å². The maximum absolute atomic E-state index is 11.7. The lowest BCUT2D eigenvalue weighted by atomic mass is 10.4. The van der Waals surface area contributed by atoms with Gasteiger partial charge in [0.2, 0.25) is 11.9 Å². The number of furan rings is 1. The number of nitrogens with zero attached hydrogens (tertiary/aromatic N) is 3. The molecular formula is C12H10ClN3O4. The van der Waals surface area contributed by atoms with E-state index in [2.05, 4.69) is 9.97 Å². The van der Waals surface area contributed by atoms with Crippen molar-refractivity contribution in [2.24, 2.45) is 0 Å². The van der Waals surface area contributed by atoms with Crippen LogP contribution in [-0.2, 0) is 11.3 Å². The van der Waals surface area contributed by atoms with Crippen LogP contribution in [0.25, 0.3) is 0 Å². The number of rotatable bonds is 4. The van der Waals surface area contributed by atoms with Gasteiger partial charge in [-0.25, -0.2) is 14.8 Å². The Morgan fingerprint density at radius 1 is 1.50 bits per heavy atom. The summed E-state index contributed by atoms with van der Waals surface area (Å²) in [4.78, 5) is 31.5. The molecule has 0 bridgehead atoms. The van der Waals surface area contributed by atoms with E-state index in [4.69, 9.17) is 21.1 Å². The second kappa shape index (κ2) is 5.70.